The summed E-state index contributed by atoms with van der Waals surface area (Å²) in [6, 6.07) is 14.8. The molecule has 1 N–H and O–H groups in total. The molecule has 0 saturated carbocycles. The first-order valence-electron chi connectivity index (χ1n) is 12.1. The standard InChI is InChI=1S/C27H27ClN6OS/c1-16(2)15-35-23-6-4-5-17(3)24(23)34-25(19-7-8-21-18(13-19)9-11-29-21)20-14-33(12-10-22(20)31-34)27-30-26(28)32-36-27/h4-9,11,13,16,29H,10,12,14-15H2,1-3H3. The van der Waals surface area contributed by atoms with Crippen molar-refractivity contribution >= 4 is 39.2 Å². The Balaban J connectivity index is 1.54. The van der Waals surface area contributed by atoms with Crippen molar-refractivity contribution in [3.63, 3.8) is 0 Å². The van der Waals surface area contributed by atoms with Gasteiger partial charge in [0.25, 0.3) is 0 Å². The Morgan fingerprint density at radius 2 is 2.08 bits per heavy atom. The molecule has 6 rings (SSSR count). The van der Waals surface area contributed by atoms with Crippen molar-refractivity contribution in [1.82, 2.24) is 24.1 Å². The zero-order valence-corrected chi connectivity index (χ0v) is 22.0. The Hall–Kier alpha value is -3.36. The third-order valence-corrected chi connectivity index (χ3v) is 7.55. The summed E-state index contributed by atoms with van der Waals surface area (Å²) < 4.78 is 12.6. The van der Waals surface area contributed by atoms with E-state index in [-0.39, 0.29) is 0 Å². The SMILES string of the molecule is Cc1cccc(OCC(C)C)c1-n1nc2c(c1-c1ccc3[nH]ccc3c1)CN(c1nc(Cl)ns1)CC2. The van der Waals surface area contributed by atoms with E-state index in [1.807, 2.05) is 18.3 Å². The highest BCUT2D eigenvalue weighted by molar-refractivity contribution is 7.10. The number of nitrogens with one attached hydrogen (secondary N) is 1. The van der Waals surface area contributed by atoms with Crippen LogP contribution in [0, 0.1) is 12.8 Å². The van der Waals surface area contributed by atoms with Gasteiger partial charge in [0.15, 0.2) is 0 Å². The summed E-state index contributed by atoms with van der Waals surface area (Å²) in [6.45, 7) is 8.59. The van der Waals surface area contributed by atoms with Crippen molar-refractivity contribution < 1.29 is 4.74 Å². The lowest BCUT2D eigenvalue weighted by atomic mass is 10.00. The van der Waals surface area contributed by atoms with Crippen LogP contribution in [0.3, 0.4) is 0 Å². The summed E-state index contributed by atoms with van der Waals surface area (Å²) in [5.41, 5.74) is 7.71. The largest absolute Gasteiger partial charge is 0.491 e. The van der Waals surface area contributed by atoms with Crippen molar-refractivity contribution in [3.8, 4) is 22.7 Å². The molecular formula is C27H27ClN6OS. The minimum Gasteiger partial charge on any atom is -0.491 e. The van der Waals surface area contributed by atoms with Crippen molar-refractivity contribution in [2.24, 2.45) is 5.92 Å². The van der Waals surface area contributed by atoms with E-state index in [0.717, 1.165) is 57.6 Å². The molecule has 36 heavy (non-hydrogen) atoms. The molecule has 2 aromatic carbocycles. The highest BCUT2D eigenvalue weighted by Crippen LogP contribution is 2.38. The van der Waals surface area contributed by atoms with Crippen LogP contribution in [-0.4, -0.2) is 37.3 Å². The molecule has 1 aliphatic heterocycles. The zero-order valence-electron chi connectivity index (χ0n) is 20.5. The maximum Gasteiger partial charge on any atom is 0.236 e. The van der Waals surface area contributed by atoms with Gasteiger partial charge in [-0.25, -0.2) is 4.68 Å². The second-order valence-corrected chi connectivity index (χ2v) is 10.7. The van der Waals surface area contributed by atoms with Gasteiger partial charge >= 0.3 is 0 Å². The van der Waals surface area contributed by atoms with Crippen molar-refractivity contribution in [2.45, 2.75) is 33.7 Å². The summed E-state index contributed by atoms with van der Waals surface area (Å²) in [5, 5.41) is 7.48. The Morgan fingerprint density at radius 3 is 2.89 bits per heavy atom. The number of hydrogen-bond acceptors (Lipinski definition) is 6. The van der Waals surface area contributed by atoms with E-state index >= 15 is 0 Å². The van der Waals surface area contributed by atoms with E-state index in [1.165, 1.54) is 22.5 Å². The molecule has 0 saturated heterocycles. The number of fused-ring (bicyclic) bond motifs is 2. The predicted molar refractivity (Wildman–Crippen MR) is 146 cm³/mol. The van der Waals surface area contributed by atoms with Gasteiger partial charge in [-0.05, 0) is 54.3 Å². The maximum absolute atomic E-state index is 6.30. The van der Waals surface area contributed by atoms with Crippen molar-refractivity contribution in [1.29, 1.82) is 0 Å². The highest BCUT2D eigenvalue weighted by atomic mass is 35.5. The van der Waals surface area contributed by atoms with Crippen LogP contribution >= 0.6 is 23.1 Å². The second kappa shape index (κ2) is 9.26. The number of aromatic amines is 1. The smallest absolute Gasteiger partial charge is 0.236 e. The number of nitrogens with zero attached hydrogens (tertiary/aromatic N) is 5. The molecule has 0 fully saturated rings. The van der Waals surface area contributed by atoms with Gasteiger partial charge in [0.2, 0.25) is 10.4 Å². The Kier molecular flexibility index (Phi) is 5.93. The number of H-pyrrole nitrogens is 1. The Bertz CT molecular complexity index is 1550. The van der Waals surface area contributed by atoms with Crippen molar-refractivity contribution in [2.75, 3.05) is 18.1 Å². The molecule has 0 radical (unpaired) electrons. The molecule has 5 aromatic rings. The molecule has 0 aliphatic carbocycles. The van der Waals surface area contributed by atoms with E-state index < -0.39 is 0 Å². The van der Waals surface area contributed by atoms with Crippen LogP contribution in [0.15, 0.2) is 48.7 Å². The van der Waals surface area contributed by atoms with Gasteiger partial charge in [-0.3, -0.25) is 0 Å². The molecule has 0 bridgehead atoms. The van der Waals surface area contributed by atoms with E-state index in [4.69, 9.17) is 21.4 Å². The van der Waals surface area contributed by atoms with Gasteiger partial charge in [0, 0.05) is 59.3 Å². The van der Waals surface area contributed by atoms with Crippen LogP contribution in [0.2, 0.25) is 5.28 Å². The topological polar surface area (TPSA) is 71.9 Å². The summed E-state index contributed by atoms with van der Waals surface area (Å²) in [4.78, 5) is 9.97. The van der Waals surface area contributed by atoms with Crippen molar-refractivity contribution in [3.05, 3.63) is 70.8 Å². The van der Waals surface area contributed by atoms with Crippen LogP contribution in [0.25, 0.3) is 27.8 Å². The fraction of sp³-hybridized carbons (Fsp3) is 0.296. The lowest BCUT2D eigenvalue weighted by molar-refractivity contribution is 0.270. The summed E-state index contributed by atoms with van der Waals surface area (Å²) in [6.07, 6.45) is 2.79. The quantitative estimate of drug-likeness (QED) is 0.280. The minimum absolute atomic E-state index is 0.293. The van der Waals surface area contributed by atoms with E-state index in [9.17, 15) is 0 Å². The Morgan fingerprint density at radius 1 is 1.19 bits per heavy atom. The van der Waals surface area contributed by atoms with E-state index in [0.29, 0.717) is 24.4 Å². The number of rotatable bonds is 6. The number of para-hydroxylation sites is 1. The van der Waals surface area contributed by atoms with Crippen LogP contribution in [0.5, 0.6) is 5.75 Å². The number of aryl methyl sites for hydroxylation is 1. The first-order chi connectivity index (χ1) is 17.5. The number of benzene rings is 2. The first kappa shape index (κ1) is 23.1. The van der Waals surface area contributed by atoms with Gasteiger partial charge in [0.05, 0.1) is 18.0 Å². The van der Waals surface area contributed by atoms with Gasteiger partial charge in [-0.2, -0.15) is 14.5 Å². The van der Waals surface area contributed by atoms with E-state index in [2.05, 4.69) is 75.0 Å². The second-order valence-electron chi connectivity index (χ2n) is 9.61. The van der Waals surface area contributed by atoms with Gasteiger partial charge < -0.3 is 14.6 Å². The molecular weight excluding hydrogens is 492 g/mol. The molecule has 9 heteroatoms. The molecule has 1 aliphatic rings. The predicted octanol–water partition coefficient (Wildman–Crippen LogP) is 6.43. The monoisotopic (exact) mass is 518 g/mol. The normalized spacial score (nSPS) is 13.5. The average molecular weight is 519 g/mol. The fourth-order valence-corrected chi connectivity index (χ4v) is 5.63. The van der Waals surface area contributed by atoms with Crippen LogP contribution < -0.4 is 9.64 Å². The molecule has 0 atom stereocenters. The fourth-order valence-electron chi connectivity index (χ4n) is 4.80. The Labute approximate surface area is 218 Å². The summed E-state index contributed by atoms with van der Waals surface area (Å²) in [7, 11) is 0. The van der Waals surface area contributed by atoms with Gasteiger partial charge in [0.1, 0.15) is 11.4 Å². The lowest BCUT2D eigenvalue weighted by Crippen LogP contribution is -2.30. The summed E-state index contributed by atoms with van der Waals surface area (Å²) in [5.74, 6) is 1.27. The molecule has 0 spiro atoms. The molecule has 0 amide bonds. The first-order valence-corrected chi connectivity index (χ1v) is 13.3. The van der Waals surface area contributed by atoms with Crippen LogP contribution in [0.1, 0.15) is 30.7 Å². The van der Waals surface area contributed by atoms with Gasteiger partial charge in [-0.15, -0.1) is 0 Å². The number of anilines is 1. The number of hydrogen-bond donors (Lipinski definition) is 1. The molecule has 7 nitrogen and oxygen atoms in total. The number of ether oxygens (including phenoxy) is 1. The maximum atomic E-state index is 6.30. The number of aromatic nitrogens is 5. The molecule has 4 heterocycles. The third kappa shape index (κ3) is 4.14. The zero-order chi connectivity index (χ0) is 24.8. The molecule has 184 valence electrons. The van der Waals surface area contributed by atoms with E-state index in [1.54, 1.807) is 0 Å². The van der Waals surface area contributed by atoms with Crippen LogP contribution in [0.4, 0.5) is 5.13 Å². The van der Waals surface area contributed by atoms with Crippen LogP contribution in [-0.2, 0) is 13.0 Å². The summed E-state index contributed by atoms with van der Waals surface area (Å²) >= 11 is 7.39. The average Bonchev–Trinajstić information content (AvgIpc) is 3.59. The number of halogens is 1. The lowest BCUT2D eigenvalue weighted by Gasteiger charge is -2.26. The molecule has 0 unspecified atom stereocenters. The minimum atomic E-state index is 0.293. The highest BCUT2D eigenvalue weighted by Gasteiger charge is 2.29. The third-order valence-electron chi connectivity index (χ3n) is 6.51. The van der Waals surface area contributed by atoms with Gasteiger partial charge in [-0.1, -0.05) is 32.0 Å². The molecule has 3 aromatic heterocycles.